The number of nitrogens with one attached hydrogen (secondary N) is 3. The number of anilines is 2. The van der Waals surface area contributed by atoms with E-state index in [4.69, 9.17) is 10.6 Å². The second-order valence-electron chi connectivity index (χ2n) is 8.13. The Morgan fingerprint density at radius 2 is 1.77 bits per heavy atom. The largest absolute Gasteiger partial charge is 0.492 e. The second kappa shape index (κ2) is 11.2. The van der Waals surface area contributed by atoms with Crippen LogP contribution in [0.1, 0.15) is 28.9 Å². The SMILES string of the molecule is Nc1nc2ncc(CNc3ccc(C(=O)NC(CCC(=O)On4c(O)ccc4O)C(=O)O)cc3)nc2c(=O)[nH]1. The molecule has 4 aromatic rings. The van der Waals surface area contributed by atoms with Crippen molar-refractivity contribution in [2.75, 3.05) is 11.1 Å². The fourth-order valence-corrected chi connectivity index (χ4v) is 3.39. The number of hydrogen-bond acceptors (Lipinski definition) is 12. The van der Waals surface area contributed by atoms with E-state index < -0.39 is 47.6 Å². The second-order valence-corrected chi connectivity index (χ2v) is 8.13. The molecule has 3 heterocycles. The fourth-order valence-electron chi connectivity index (χ4n) is 3.39. The molecule has 0 bridgehead atoms. The molecule has 4 rings (SSSR count). The Balaban J connectivity index is 1.31. The van der Waals surface area contributed by atoms with Gasteiger partial charge in [-0.3, -0.25) is 14.6 Å². The van der Waals surface area contributed by atoms with Gasteiger partial charge in [0, 0.05) is 23.4 Å². The monoisotopic (exact) mass is 538 g/mol. The average Bonchev–Trinajstić information content (AvgIpc) is 3.22. The minimum Gasteiger partial charge on any atom is -0.492 e. The van der Waals surface area contributed by atoms with Gasteiger partial charge in [-0.05, 0) is 30.7 Å². The normalized spacial score (nSPS) is 11.6. The van der Waals surface area contributed by atoms with E-state index in [1.54, 1.807) is 12.1 Å². The van der Waals surface area contributed by atoms with E-state index in [2.05, 4.69) is 30.6 Å². The summed E-state index contributed by atoms with van der Waals surface area (Å²) in [4.78, 5) is 67.5. The molecule has 8 N–H and O–H groups in total. The number of carbonyl (C=O) groups is 3. The van der Waals surface area contributed by atoms with E-state index in [1.165, 1.54) is 18.3 Å². The first-order chi connectivity index (χ1) is 18.6. The molecule has 202 valence electrons. The van der Waals surface area contributed by atoms with Crippen molar-refractivity contribution in [3.8, 4) is 11.8 Å². The number of rotatable bonds is 10. The van der Waals surface area contributed by atoms with Crippen LogP contribution in [0.25, 0.3) is 11.2 Å². The number of amides is 1. The molecule has 16 heteroatoms. The van der Waals surface area contributed by atoms with Crippen molar-refractivity contribution >= 4 is 40.6 Å². The molecule has 0 aliphatic rings. The molecule has 0 radical (unpaired) electrons. The van der Waals surface area contributed by atoms with Crippen molar-refractivity contribution in [3.63, 3.8) is 0 Å². The molecular formula is C23H22N8O8. The van der Waals surface area contributed by atoms with Crippen molar-refractivity contribution in [3.05, 3.63) is 64.2 Å². The molecule has 1 aromatic carbocycles. The molecule has 16 nitrogen and oxygen atoms in total. The zero-order valence-electron chi connectivity index (χ0n) is 20.0. The summed E-state index contributed by atoms with van der Waals surface area (Å²) in [6, 6.07) is 6.88. The number of aliphatic carboxylic acids is 1. The number of aromatic hydroxyl groups is 2. The number of nitrogen functional groups attached to an aromatic ring is 1. The van der Waals surface area contributed by atoms with Gasteiger partial charge in [0.05, 0.1) is 24.9 Å². The van der Waals surface area contributed by atoms with Crippen molar-refractivity contribution in [2.45, 2.75) is 25.4 Å². The van der Waals surface area contributed by atoms with E-state index in [0.717, 1.165) is 12.1 Å². The summed E-state index contributed by atoms with van der Waals surface area (Å²) in [5, 5.41) is 33.9. The van der Waals surface area contributed by atoms with Crippen molar-refractivity contribution < 1.29 is 34.5 Å². The molecule has 0 saturated heterocycles. The molecule has 0 saturated carbocycles. The minimum absolute atomic E-state index is 0.0396. The minimum atomic E-state index is -1.41. The number of benzene rings is 1. The Kier molecular flexibility index (Phi) is 7.55. The molecule has 0 aliphatic carbocycles. The zero-order valence-corrected chi connectivity index (χ0v) is 20.0. The van der Waals surface area contributed by atoms with Gasteiger partial charge in [0.2, 0.25) is 17.7 Å². The van der Waals surface area contributed by atoms with Gasteiger partial charge >= 0.3 is 11.9 Å². The van der Waals surface area contributed by atoms with Gasteiger partial charge in [0.15, 0.2) is 11.2 Å². The zero-order chi connectivity index (χ0) is 28.1. The lowest BCUT2D eigenvalue weighted by molar-refractivity contribution is -0.146. The number of fused-ring (bicyclic) bond motifs is 1. The van der Waals surface area contributed by atoms with Crippen LogP contribution >= 0.6 is 0 Å². The number of nitrogens with zero attached hydrogens (tertiary/aromatic N) is 4. The molecule has 0 aliphatic heterocycles. The number of H-pyrrole nitrogens is 1. The van der Waals surface area contributed by atoms with Gasteiger partial charge in [0.25, 0.3) is 11.5 Å². The predicted molar refractivity (Wildman–Crippen MR) is 134 cm³/mol. The first-order valence-corrected chi connectivity index (χ1v) is 11.3. The van der Waals surface area contributed by atoms with Crippen molar-refractivity contribution in [1.82, 2.24) is 30.0 Å². The summed E-state index contributed by atoms with van der Waals surface area (Å²) < 4.78 is 0.478. The fraction of sp³-hybridized carbons (Fsp3) is 0.174. The summed E-state index contributed by atoms with van der Waals surface area (Å²) in [6.45, 7) is 0.202. The van der Waals surface area contributed by atoms with E-state index in [-0.39, 0.29) is 35.6 Å². The summed E-state index contributed by atoms with van der Waals surface area (Å²) in [5.74, 6) is -4.10. The highest BCUT2D eigenvalue weighted by atomic mass is 16.7. The Bertz CT molecular complexity index is 1580. The number of hydrogen-bond donors (Lipinski definition) is 7. The number of aromatic amines is 1. The summed E-state index contributed by atoms with van der Waals surface area (Å²) in [5.41, 5.74) is 6.35. The Morgan fingerprint density at radius 3 is 2.44 bits per heavy atom. The first-order valence-electron chi connectivity index (χ1n) is 11.3. The maximum absolute atomic E-state index is 12.6. The highest BCUT2D eigenvalue weighted by Gasteiger charge is 2.23. The van der Waals surface area contributed by atoms with E-state index in [0.29, 0.717) is 16.1 Å². The molecule has 0 fully saturated rings. The van der Waals surface area contributed by atoms with Crippen molar-refractivity contribution in [2.24, 2.45) is 0 Å². The van der Waals surface area contributed by atoms with Crippen LogP contribution in [0.5, 0.6) is 11.8 Å². The number of nitrogens with two attached hydrogens (primary N) is 1. The quantitative estimate of drug-likeness (QED) is 0.138. The van der Waals surface area contributed by atoms with Crippen LogP contribution in [-0.2, 0) is 16.1 Å². The summed E-state index contributed by atoms with van der Waals surface area (Å²) in [7, 11) is 0. The lowest BCUT2D eigenvalue weighted by Crippen LogP contribution is -2.41. The highest BCUT2D eigenvalue weighted by Crippen LogP contribution is 2.19. The number of carboxylic acids is 1. The molecule has 1 atom stereocenters. The van der Waals surface area contributed by atoms with Gasteiger partial charge in [0.1, 0.15) is 6.04 Å². The average molecular weight is 538 g/mol. The molecular weight excluding hydrogens is 516 g/mol. The van der Waals surface area contributed by atoms with Gasteiger partial charge in [-0.1, -0.05) is 0 Å². The van der Waals surface area contributed by atoms with E-state index >= 15 is 0 Å². The maximum Gasteiger partial charge on any atom is 0.333 e. The standard InChI is InChI=1S/C23H22N8O8/c24-23-29-19-18(21(36)30-23)27-13(10-26-19)9-25-12-3-1-11(2-4-12)20(35)28-14(22(37)38)5-8-17(34)39-31-15(32)6-7-16(31)33/h1-4,6-7,10,14,25,32-33H,5,8-9H2,(H,28,35)(H,37,38)(H3,24,26,29,30,36). The number of carboxylic acid groups (broad SMARTS) is 1. The van der Waals surface area contributed by atoms with Crippen LogP contribution < -0.4 is 26.8 Å². The van der Waals surface area contributed by atoms with Crippen molar-refractivity contribution in [1.29, 1.82) is 0 Å². The Labute approximate surface area is 218 Å². The predicted octanol–water partition coefficient (Wildman–Crippen LogP) is -0.261. The first kappa shape index (κ1) is 26.4. The summed E-state index contributed by atoms with van der Waals surface area (Å²) in [6.07, 6.45) is 0.707. The van der Waals surface area contributed by atoms with Crippen LogP contribution in [0.2, 0.25) is 0 Å². The summed E-state index contributed by atoms with van der Waals surface area (Å²) >= 11 is 0. The van der Waals surface area contributed by atoms with Crippen LogP contribution in [0.4, 0.5) is 11.6 Å². The van der Waals surface area contributed by atoms with Gasteiger partial charge in [-0.2, -0.15) is 4.98 Å². The Morgan fingerprint density at radius 1 is 1.08 bits per heavy atom. The third kappa shape index (κ3) is 6.37. The van der Waals surface area contributed by atoms with Crippen LogP contribution in [0.3, 0.4) is 0 Å². The lowest BCUT2D eigenvalue weighted by atomic mass is 10.1. The molecule has 1 amide bonds. The van der Waals surface area contributed by atoms with Crippen LogP contribution in [0, 0.1) is 0 Å². The third-order valence-electron chi connectivity index (χ3n) is 5.34. The van der Waals surface area contributed by atoms with E-state index in [1.807, 2.05) is 0 Å². The molecule has 3 aromatic heterocycles. The molecule has 39 heavy (non-hydrogen) atoms. The molecule has 1 unspecified atom stereocenters. The van der Waals surface area contributed by atoms with Crippen LogP contribution in [0.15, 0.2) is 47.4 Å². The highest BCUT2D eigenvalue weighted by molar-refractivity contribution is 5.97. The topological polar surface area (TPSA) is 248 Å². The number of carbonyl (C=O) groups excluding carboxylic acids is 2. The smallest absolute Gasteiger partial charge is 0.333 e. The number of aromatic nitrogens is 5. The third-order valence-corrected chi connectivity index (χ3v) is 5.34. The maximum atomic E-state index is 12.6. The van der Waals surface area contributed by atoms with Gasteiger partial charge < -0.3 is 36.5 Å². The Hall–Kier alpha value is -5.67. The van der Waals surface area contributed by atoms with Gasteiger partial charge in [-0.25, -0.2) is 19.6 Å². The van der Waals surface area contributed by atoms with E-state index in [9.17, 15) is 34.5 Å². The molecule has 0 spiro atoms. The lowest BCUT2D eigenvalue weighted by Gasteiger charge is -2.15. The van der Waals surface area contributed by atoms with Gasteiger partial charge in [-0.15, -0.1) is 4.73 Å². The van der Waals surface area contributed by atoms with Crippen LogP contribution in [-0.4, -0.2) is 63.9 Å².